The Morgan fingerprint density at radius 1 is 0.964 bits per heavy atom. The van der Waals surface area contributed by atoms with Crippen molar-refractivity contribution in [2.75, 3.05) is 45.9 Å². The molecule has 0 spiro atoms. The van der Waals surface area contributed by atoms with Gasteiger partial charge in [0.15, 0.2) is 0 Å². The van der Waals surface area contributed by atoms with Gasteiger partial charge in [0.1, 0.15) is 0 Å². The molecule has 0 bridgehead atoms. The number of ether oxygens (including phenoxy) is 1. The van der Waals surface area contributed by atoms with Gasteiger partial charge in [0, 0.05) is 63.9 Å². The highest BCUT2D eigenvalue weighted by Gasteiger charge is 2.41. The van der Waals surface area contributed by atoms with Gasteiger partial charge in [-0.1, -0.05) is 13.8 Å². The number of amides is 1. The van der Waals surface area contributed by atoms with Gasteiger partial charge < -0.3 is 14.5 Å². The molecule has 0 radical (unpaired) electrons. The molecule has 1 saturated carbocycles. The minimum Gasteiger partial charge on any atom is -0.378 e. The molecular weight excluding hydrogens is 350 g/mol. The quantitative estimate of drug-likeness (QED) is 0.593. The SMILES string of the molecule is CC(C)CCCOC1CCN(C2CC(C(=O)N3CCN(C(C)C)CC3)C2)CC1. The lowest BCUT2D eigenvalue weighted by molar-refractivity contribution is -0.143. The van der Waals surface area contributed by atoms with Gasteiger partial charge in [-0.15, -0.1) is 0 Å². The van der Waals surface area contributed by atoms with Gasteiger partial charge in [0.2, 0.25) is 5.91 Å². The summed E-state index contributed by atoms with van der Waals surface area (Å²) in [6, 6.07) is 1.22. The highest BCUT2D eigenvalue weighted by molar-refractivity contribution is 5.80. The van der Waals surface area contributed by atoms with E-state index in [2.05, 4.69) is 42.4 Å². The van der Waals surface area contributed by atoms with E-state index in [1.807, 2.05) is 0 Å². The van der Waals surface area contributed by atoms with Crippen LogP contribution >= 0.6 is 0 Å². The maximum absolute atomic E-state index is 12.8. The summed E-state index contributed by atoms with van der Waals surface area (Å²) in [5.74, 6) is 1.47. The number of carbonyl (C=O) groups is 1. The van der Waals surface area contributed by atoms with Gasteiger partial charge in [0.25, 0.3) is 0 Å². The van der Waals surface area contributed by atoms with Crippen molar-refractivity contribution in [2.45, 2.75) is 84.4 Å². The Hall–Kier alpha value is -0.650. The van der Waals surface area contributed by atoms with Crippen molar-refractivity contribution >= 4 is 5.91 Å². The van der Waals surface area contributed by atoms with E-state index in [1.54, 1.807) is 0 Å². The molecule has 162 valence electrons. The van der Waals surface area contributed by atoms with Gasteiger partial charge >= 0.3 is 0 Å². The predicted octanol–water partition coefficient (Wildman–Crippen LogP) is 3.23. The third-order valence-electron chi connectivity index (χ3n) is 7.09. The minimum absolute atomic E-state index is 0.278. The number of likely N-dealkylation sites (tertiary alicyclic amines) is 1. The monoisotopic (exact) mass is 393 g/mol. The fourth-order valence-electron chi connectivity index (χ4n) is 4.95. The van der Waals surface area contributed by atoms with Crippen LogP contribution in [0.25, 0.3) is 0 Å². The Balaban J connectivity index is 1.29. The topological polar surface area (TPSA) is 36.0 Å². The lowest BCUT2D eigenvalue weighted by atomic mass is 9.77. The summed E-state index contributed by atoms with van der Waals surface area (Å²) in [7, 11) is 0. The summed E-state index contributed by atoms with van der Waals surface area (Å²) in [5, 5.41) is 0. The van der Waals surface area contributed by atoms with E-state index in [1.165, 1.54) is 12.8 Å². The van der Waals surface area contributed by atoms with Crippen molar-refractivity contribution < 1.29 is 9.53 Å². The molecule has 5 nitrogen and oxygen atoms in total. The third kappa shape index (κ3) is 5.93. The molecule has 0 atom stereocenters. The smallest absolute Gasteiger partial charge is 0.225 e. The number of rotatable bonds is 8. The van der Waals surface area contributed by atoms with Gasteiger partial charge in [-0.25, -0.2) is 0 Å². The fourth-order valence-corrected chi connectivity index (χ4v) is 4.95. The average Bonchev–Trinajstić information content (AvgIpc) is 2.65. The van der Waals surface area contributed by atoms with Crippen LogP contribution in [0.15, 0.2) is 0 Å². The van der Waals surface area contributed by atoms with E-state index in [9.17, 15) is 4.79 Å². The Labute approximate surface area is 172 Å². The maximum Gasteiger partial charge on any atom is 0.225 e. The van der Waals surface area contributed by atoms with Crippen molar-refractivity contribution in [3.8, 4) is 0 Å². The second-order valence-electron chi connectivity index (χ2n) is 9.92. The van der Waals surface area contributed by atoms with Gasteiger partial charge in [-0.3, -0.25) is 9.69 Å². The first-order valence-corrected chi connectivity index (χ1v) is 11.8. The van der Waals surface area contributed by atoms with E-state index < -0.39 is 0 Å². The lowest BCUT2D eigenvalue weighted by Gasteiger charge is -2.47. The Bertz CT molecular complexity index is 474. The maximum atomic E-state index is 12.8. The van der Waals surface area contributed by atoms with Gasteiger partial charge in [-0.2, -0.15) is 0 Å². The molecule has 3 rings (SSSR count). The van der Waals surface area contributed by atoms with Crippen LogP contribution in [-0.4, -0.2) is 84.7 Å². The van der Waals surface area contributed by atoms with Crippen molar-refractivity contribution in [2.24, 2.45) is 11.8 Å². The van der Waals surface area contributed by atoms with E-state index in [-0.39, 0.29) is 5.92 Å². The molecule has 3 fully saturated rings. The zero-order valence-corrected chi connectivity index (χ0v) is 18.7. The molecule has 0 aromatic carbocycles. The molecular formula is C23H43N3O2. The lowest BCUT2D eigenvalue weighted by Crippen LogP contribution is -2.56. The fraction of sp³-hybridized carbons (Fsp3) is 0.957. The number of carbonyl (C=O) groups excluding carboxylic acids is 1. The number of hydrogen-bond donors (Lipinski definition) is 0. The van der Waals surface area contributed by atoms with Gasteiger partial charge in [-0.05, 0) is 58.3 Å². The molecule has 3 aliphatic rings. The Morgan fingerprint density at radius 2 is 1.61 bits per heavy atom. The van der Waals surface area contributed by atoms with Crippen LogP contribution in [0.3, 0.4) is 0 Å². The first-order valence-electron chi connectivity index (χ1n) is 11.8. The first kappa shape index (κ1) is 22.0. The predicted molar refractivity (Wildman–Crippen MR) is 114 cm³/mol. The van der Waals surface area contributed by atoms with Crippen LogP contribution in [0.1, 0.15) is 66.2 Å². The number of piperazine rings is 1. The van der Waals surface area contributed by atoms with E-state index in [0.717, 1.165) is 77.5 Å². The summed E-state index contributed by atoms with van der Waals surface area (Å²) in [6.45, 7) is 16.2. The molecule has 0 aromatic heterocycles. The zero-order valence-electron chi connectivity index (χ0n) is 18.7. The summed E-state index contributed by atoms with van der Waals surface area (Å²) in [6.07, 6.45) is 7.38. The molecule has 1 aliphatic carbocycles. The standard InChI is InChI=1S/C23H43N3O2/c1-18(2)6-5-15-28-22-7-9-25(10-8-22)21-16-20(17-21)23(27)26-13-11-24(12-14-26)19(3)4/h18-22H,5-17H2,1-4H3. The van der Waals surface area contributed by atoms with Crippen LogP contribution in [0.5, 0.6) is 0 Å². The number of piperidine rings is 1. The van der Waals surface area contributed by atoms with Crippen LogP contribution < -0.4 is 0 Å². The van der Waals surface area contributed by atoms with Crippen molar-refractivity contribution in [3.05, 3.63) is 0 Å². The second-order valence-corrected chi connectivity index (χ2v) is 9.92. The molecule has 0 N–H and O–H groups in total. The van der Waals surface area contributed by atoms with Crippen LogP contribution in [0.4, 0.5) is 0 Å². The molecule has 0 unspecified atom stereocenters. The third-order valence-corrected chi connectivity index (χ3v) is 7.09. The van der Waals surface area contributed by atoms with Crippen molar-refractivity contribution in [3.63, 3.8) is 0 Å². The van der Waals surface area contributed by atoms with Crippen LogP contribution in [0, 0.1) is 11.8 Å². The minimum atomic E-state index is 0.278. The Morgan fingerprint density at radius 3 is 2.18 bits per heavy atom. The second kappa shape index (κ2) is 10.4. The normalized spacial score (nSPS) is 28.1. The summed E-state index contributed by atoms with van der Waals surface area (Å²) >= 11 is 0. The Kier molecular flexibility index (Phi) is 8.19. The van der Waals surface area contributed by atoms with Crippen molar-refractivity contribution in [1.29, 1.82) is 0 Å². The number of nitrogens with zero attached hydrogens (tertiary/aromatic N) is 3. The van der Waals surface area contributed by atoms with E-state index in [0.29, 0.717) is 24.1 Å². The summed E-state index contributed by atoms with van der Waals surface area (Å²) in [4.78, 5) is 20.0. The van der Waals surface area contributed by atoms with Gasteiger partial charge in [0.05, 0.1) is 6.10 Å². The molecule has 0 aromatic rings. The molecule has 2 saturated heterocycles. The molecule has 1 amide bonds. The van der Waals surface area contributed by atoms with E-state index in [4.69, 9.17) is 4.74 Å². The molecule has 2 aliphatic heterocycles. The van der Waals surface area contributed by atoms with Crippen LogP contribution in [0.2, 0.25) is 0 Å². The summed E-state index contributed by atoms with van der Waals surface area (Å²) < 4.78 is 6.09. The van der Waals surface area contributed by atoms with Crippen molar-refractivity contribution in [1.82, 2.24) is 14.7 Å². The van der Waals surface area contributed by atoms with E-state index >= 15 is 0 Å². The summed E-state index contributed by atoms with van der Waals surface area (Å²) in [5.41, 5.74) is 0. The zero-order chi connectivity index (χ0) is 20.1. The first-order chi connectivity index (χ1) is 13.4. The van der Waals surface area contributed by atoms with Crippen LogP contribution in [-0.2, 0) is 9.53 Å². The molecule has 28 heavy (non-hydrogen) atoms. The largest absolute Gasteiger partial charge is 0.378 e. The highest BCUT2D eigenvalue weighted by atomic mass is 16.5. The highest BCUT2D eigenvalue weighted by Crippen LogP contribution is 2.35. The molecule has 5 heteroatoms. The average molecular weight is 394 g/mol. The number of hydrogen-bond acceptors (Lipinski definition) is 4. The molecule has 2 heterocycles.